The molecule has 0 saturated carbocycles. The van der Waals surface area contributed by atoms with Crippen LogP contribution in [-0.4, -0.2) is 185 Å². The Labute approximate surface area is 681 Å². The van der Waals surface area contributed by atoms with Crippen molar-refractivity contribution in [3.05, 3.63) is 168 Å². The number of nitrogens with two attached hydrogens (primary N) is 1. The molecule has 3 saturated heterocycles. The van der Waals surface area contributed by atoms with Crippen molar-refractivity contribution in [1.29, 1.82) is 0 Å². The van der Waals surface area contributed by atoms with Gasteiger partial charge in [0.05, 0.1) is 87.3 Å². The van der Waals surface area contributed by atoms with Gasteiger partial charge < -0.3 is 69.4 Å². The monoisotopic (exact) mass is 1610 g/mol. The highest BCUT2D eigenvalue weighted by Crippen LogP contribution is 2.41. The minimum absolute atomic E-state index is 0.0117. The van der Waals surface area contributed by atoms with Crippen LogP contribution in [0, 0.1) is 17.5 Å². The number of amides is 2. The van der Waals surface area contributed by atoms with E-state index in [1.165, 1.54) is 12.4 Å². The third kappa shape index (κ3) is 17.9. The average molecular weight is 1610 g/mol. The lowest BCUT2D eigenvalue weighted by Crippen LogP contribution is -2.50. The molecule has 0 spiro atoms. The Balaban J connectivity index is 0.000000127. The summed E-state index contributed by atoms with van der Waals surface area (Å²) in [4.78, 5) is 86.7. The molecule has 6 aliphatic rings. The lowest BCUT2D eigenvalue weighted by atomic mass is 10.0. The van der Waals surface area contributed by atoms with Crippen LogP contribution in [0.2, 0.25) is 5.28 Å². The Bertz CT molecular complexity index is 5650. The van der Waals surface area contributed by atoms with Crippen molar-refractivity contribution in [1.82, 2.24) is 88.6 Å². The highest BCUT2D eigenvalue weighted by Gasteiger charge is 2.36. The Hall–Kier alpha value is -11.9. The molecule has 9 aromatic heterocycles. The lowest BCUT2D eigenvalue weighted by Gasteiger charge is -2.36. The van der Waals surface area contributed by atoms with E-state index in [2.05, 4.69) is 136 Å². The summed E-state index contributed by atoms with van der Waals surface area (Å²) in [6, 6.07) is 28.6. The second-order valence-electron chi connectivity index (χ2n) is 33.9. The summed E-state index contributed by atoms with van der Waals surface area (Å²) in [6.07, 6.45) is 14.3. The zero-order chi connectivity index (χ0) is 82.5. The third-order valence-electron chi connectivity index (χ3n) is 21.7. The Morgan fingerprint density at radius 2 is 0.786 bits per heavy atom. The van der Waals surface area contributed by atoms with E-state index < -0.39 is 28.7 Å². The van der Waals surface area contributed by atoms with Crippen molar-refractivity contribution < 1.29 is 32.2 Å². The first-order chi connectivity index (χ1) is 55.7. The number of anilines is 8. The molecule has 3 fully saturated rings. The molecule has 0 atom stereocenters. The van der Waals surface area contributed by atoms with Crippen LogP contribution in [0.3, 0.4) is 0 Å². The Morgan fingerprint density at radius 3 is 1.14 bits per heavy atom. The van der Waals surface area contributed by atoms with Gasteiger partial charge in [0, 0.05) is 131 Å². The van der Waals surface area contributed by atoms with Gasteiger partial charge in [-0.1, -0.05) is 18.2 Å². The number of imidazole rings is 3. The van der Waals surface area contributed by atoms with Crippen LogP contribution in [0.15, 0.2) is 128 Å². The van der Waals surface area contributed by atoms with Crippen LogP contribution >= 0.6 is 11.6 Å². The van der Waals surface area contributed by atoms with Crippen LogP contribution in [0.25, 0.3) is 66.9 Å². The first-order valence-corrected chi connectivity index (χ1v) is 40.0. The number of piperazine rings is 3. The molecule has 32 heteroatoms. The fourth-order valence-electron chi connectivity index (χ4n) is 15.7. The smallest absolute Gasteiger partial charge is 0.410 e. The summed E-state index contributed by atoms with van der Waals surface area (Å²) in [5.41, 5.74) is 16.1. The highest BCUT2D eigenvalue weighted by atomic mass is 35.5. The largest absolute Gasteiger partial charge is 0.444 e. The van der Waals surface area contributed by atoms with E-state index in [1.54, 1.807) is 28.3 Å². The van der Waals surface area contributed by atoms with Crippen LogP contribution in [0.4, 0.5) is 69.2 Å². The van der Waals surface area contributed by atoms with Gasteiger partial charge in [-0.3, -0.25) is 0 Å². The molecule has 6 aliphatic heterocycles. The number of carbonyl (C=O) groups is 2. The molecular weight excluding hydrogens is 1510 g/mol. The number of rotatable bonds is 10. The van der Waals surface area contributed by atoms with Crippen LogP contribution < -0.4 is 36.4 Å². The zero-order valence-electron chi connectivity index (χ0n) is 68.0. The molecule has 2 amide bonds. The minimum Gasteiger partial charge on any atom is -0.444 e. The first-order valence-electron chi connectivity index (χ1n) is 39.6. The number of nitrogen functional groups attached to an aromatic ring is 1. The van der Waals surface area contributed by atoms with E-state index in [4.69, 9.17) is 36.8 Å². The van der Waals surface area contributed by atoms with E-state index >= 15 is 0 Å². The Kier molecular flexibility index (Phi) is 22.2. The fraction of sp³-hybridized carbons (Fsp3) is 0.412. The van der Waals surface area contributed by atoms with Crippen molar-refractivity contribution >= 4 is 103 Å². The van der Waals surface area contributed by atoms with E-state index in [1.807, 2.05) is 133 Å². The summed E-state index contributed by atoms with van der Waals surface area (Å²) in [6.45, 7) is 33.7. The van der Waals surface area contributed by atoms with Gasteiger partial charge in [-0.25, -0.2) is 82.6 Å². The molecule has 0 aliphatic carbocycles. The van der Waals surface area contributed by atoms with E-state index in [9.17, 15) is 22.8 Å². The third-order valence-corrected chi connectivity index (χ3v) is 21.9. The number of fused-ring (bicyclic) bond motifs is 9. The molecule has 18 rings (SSSR count). The predicted molar refractivity (Wildman–Crippen MR) is 449 cm³/mol. The number of pyridine rings is 3. The molecule has 0 unspecified atom stereocenters. The Morgan fingerprint density at radius 1 is 0.436 bits per heavy atom. The number of carbonyl (C=O) groups excluding carboxylic acids is 2. The van der Waals surface area contributed by atoms with Crippen molar-refractivity contribution in [2.45, 2.75) is 149 Å². The van der Waals surface area contributed by atoms with Gasteiger partial charge in [-0.2, -0.15) is 0 Å². The molecule has 0 bridgehead atoms. The minimum atomic E-state index is -0.513. The second kappa shape index (κ2) is 32.3. The maximum atomic E-state index is 14.9. The van der Waals surface area contributed by atoms with Crippen molar-refractivity contribution in [2.24, 2.45) is 0 Å². The fourth-order valence-corrected chi connectivity index (χ4v) is 15.9. The number of benzene rings is 3. The lowest BCUT2D eigenvalue weighted by molar-refractivity contribution is 0.0230. The molecule has 28 nitrogen and oxygen atoms in total. The molecule has 117 heavy (non-hydrogen) atoms. The van der Waals surface area contributed by atoms with Gasteiger partial charge in [-0.05, 0) is 187 Å². The number of hydrogen-bond donors (Lipinski definition) is 4. The van der Waals surface area contributed by atoms with Gasteiger partial charge in [0.15, 0.2) is 17.5 Å². The number of hydrogen-bond acceptors (Lipinski definition) is 23. The topological polar surface area (TPSA) is 300 Å². The van der Waals surface area contributed by atoms with E-state index in [-0.39, 0.29) is 57.1 Å². The first kappa shape index (κ1) is 80.3. The number of aryl methyl sites for hydroxylation is 3. The molecule has 5 N–H and O–H groups in total. The van der Waals surface area contributed by atoms with Gasteiger partial charge >= 0.3 is 12.2 Å². The highest BCUT2D eigenvalue weighted by molar-refractivity contribution is 6.28. The van der Waals surface area contributed by atoms with Crippen LogP contribution in [0.1, 0.15) is 120 Å². The maximum Gasteiger partial charge on any atom is 0.410 e. The van der Waals surface area contributed by atoms with Gasteiger partial charge in [-0.15, -0.1) is 0 Å². The van der Waals surface area contributed by atoms with E-state index in [0.717, 1.165) is 152 Å². The second-order valence-corrected chi connectivity index (χ2v) is 34.2. The molecule has 15 heterocycles. The summed E-state index contributed by atoms with van der Waals surface area (Å²) in [7, 11) is 0. The van der Waals surface area contributed by atoms with Gasteiger partial charge in [0.2, 0.25) is 17.2 Å². The van der Waals surface area contributed by atoms with E-state index in [0.29, 0.717) is 79.4 Å². The van der Waals surface area contributed by atoms with Crippen molar-refractivity contribution in [3.8, 4) is 33.8 Å². The zero-order valence-corrected chi connectivity index (χ0v) is 68.8. The summed E-state index contributed by atoms with van der Waals surface area (Å²) in [5, 5.41) is 9.59. The van der Waals surface area contributed by atoms with Crippen molar-refractivity contribution in [2.75, 3.05) is 110 Å². The number of halogens is 4. The van der Waals surface area contributed by atoms with Crippen molar-refractivity contribution in [3.63, 3.8) is 0 Å². The molecular formula is C85H98ClF3N24O4. The predicted octanol–water partition coefficient (Wildman–Crippen LogP) is 15.1. The molecule has 12 aromatic rings. The number of ether oxygens (including phenoxy) is 2. The summed E-state index contributed by atoms with van der Waals surface area (Å²) < 4.78 is 61.4. The molecule has 0 radical (unpaired) electrons. The quantitative estimate of drug-likeness (QED) is 0.0925. The van der Waals surface area contributed by atoms with Crippen LogP contribution in [0.5, 0.6) is 0 Å². The standard InChI is InChI=1S/C30H35FN8O2.C25H27FN8.C16H14ClFN4.C14H22N4O2/c1-29(2,3)41-28(40)38-14-12-37(13-15-38)20-7-9-24(32-17-20)35-27-33-18-21(31)26(36-27)19-6-8-22-23(16-19)39-25(34-22)10-11-30(39,4)5;1-25(2)8-7-22-30-19-5-3-16(13-20(19)34(22)25)23-18(26)15-29-24(32-23)31-21-6-4-17(14-28-21)33-11-9-27-10-12-33;1-16(2)6-5-13-20-11-4-3-9(7-12(11)22(13)16)14-10(18)8-19-15(17)21-14;1-14(2,3)20-13(19)18-8-6-17(7-9-18)11-4-5-12(15)16-10-11/h6-9,16-18H,10-15H2,1-5H3,(H,32,33,35,36);3-6,13-15,27H,7-12H2,1-2H3,(H,28,29,31,32);3-4,7-8H,5-6H2,1-2H3;4-5,10H,6-9H2,1-3H3,(H2,15,16). The van der Waals surface area contributed by atoms with Crippen LogP contribution in [-0.2, 0) is 45.4 Å². The summed E-state index contributed by atoms with van der Waals surface area (Å²) in [5.74, 6) is 4.02. The molecule has 3 aromatic carbocycles. The number of nitrogens with one attached hydrogen (secondary N) is 3. The number of nitrogens with zero attached hydrogens (tertiary/aromatic N) is 20. The number of aromatic nitrogens is 15. The van der Waals surface area contributed by atoms with Gasteiger partial charge in [0.1, 0.15) is 63.2 Å². The SMILES string of the molecule is CC(C)(C)OC(=O)N1CCN(c2ccc(N)nc2)CC1.CC(C)(C)OC(=O)N1CCN(c2ccc(Nc3ncc(F)c(-c4ccc5nc6n(c5c4)C(C)(C)CC6)n3)nc2)CC1.CC1(C)CCc2nc3ccc(-c4nc(Cl)ncc4F)cc3n21.CC1(C)CCc2nc3ccc(-c4nc(Nc5ccc(N6CCNCC6)cn5)ncc4F)cc3n21. The van der Waals surface area contributed by atoms with Gasteiger partial charge in [0.25, 0.3) is 0 Å². The summed E-state index contributed by atoms with van der Waals surface area (Å²) >= 11 is 5.80. The normalized spacial score (nSPS) is 16.6. The average Bonchev–Trinajstić information content (AvgIpc) is 1.60. The molecule has 610 valence electrons. The maximum absolute atomic E-state index is 14.9.